The monoisotopic (exact) mass is 2140 g/mol. The quantitative estimate of drug-likeness (QED) is 0.0259. The van der Waals surface area contributed by atoms with Crippen LogP contribution in [0.2, 0.25) is 0 Å². The molecule has 10 aromatic rings. The molecule has 0 fully saturated rings. The van der Waals surface area contributed by atoms with E-state index in [0.29, 0.717) is 84.5 Å². The SMILES string of the molecule is C=C(C)c1cc(C)cc2c1CCN(C)C2.CC(=O)c1cc(S(=O)(=O)O)c2cc(C(C)=O)cc(S(=O)(=O)O)c2c1.CC(=O)c1cc2c(c(S(=O)(=O)O)c1)CCN(C)C2.CC(=O)c1cc2c(c(S(=O)(=O)O)c1)CN(C)C2.CC(=O)c1cc2c(c(S(=O)(=O)O)c1)CN(C)CC2.CC(=O)c1ccc2c(c1)CCN(C)C2.CC(=O)c1ccc2c(c1)CN(C)C2.CNCc1ccc(C(C)=O)cc1.CNCc1ccc(C(C)=O)cc1S(=O)(=O)O. The van der Waals surface area contributed by atoms with Gasteiger partial charge < -0.3 is 30.2 Å². The topological polar surface area (TPSA) is 523 Å². The van der Waals surface area contributed by atoms with Crippen LogP contribution in [0.25, 0.3) is 16.3 Å². The highest BCUT2D eigenvalue weighted by Crippen LogP contribution is 2.37. The van der Waals surface area contributed by atoms with Gasteiger partial charge in [-0.2, -0.15) is 50.5 Å². The van der Waals surface area contributed by atoms with Gasteiger partial charge in [-0.05, 0) is 321 Å². The summed E-state index contributed by atoms with van der Waals surface area (Å²) in [5.74, 6) is -1.63. The van der Waals surface area contributed by atoms with Gasteiger partial charge in [-0.3, -0.25) is 80.3 Å². The zero-order chi connectivity index (χ0) is 110. The minimum atomic E-state index is -4.83. The van der Waals surface area contributed by atoms with Crippen LogP contribution in [0.3, 0.4) is 0 Å². The van der Waals surface area contributed by atoms with E-state index in [-0.39, 0.29) is 87.5 Å². The lowest BCUT2D eigenvalue weighted by atomic mass is 9.90. The lowest BCUT2D eigenvalue weighted by Crippen LogP contribution is -2.28. The molecule has 0 unspecified atom stereocenters. The van der Waals surface area contributed by atoms with Crippen molar-refractivity contribution in [1.29, 1.82) is 0 Å². The molecule has 10 aromatic carbocycles. The highest BCUT2D eigenvalue weighted by Gasteiger charge is 2.32. The van der Waals surface area contributed by atoms with E-state index in [2.05, 4.69) is 91.2 Å². The third-order valence-electron chi connectivity index (χ3n) is 24.9. The Hall–Kier alpha value is -11.6. The van der Waals surface area contributed by atoms with Crippen molar-refractivity contribution >= 4 is 129 Å². The number of Topliss-reactive ketones (excluding diaryl/α,β-unsaturated/α-hetero) is 9. The van der Waals surface area contributed by atoms with Gasteiger partial charge in [-0.15, -0.1) is 0 Å². The van der Waals surface area contributed by atoms with E-state index in [1.54, 1.807) is 46.0 Å². The van der Waals surface area contributed by atoms with Crippen molar-refractivity contribution in [3.8, 4) is 0 Å². The Kier molecular flexibility index (Phi) is 41.9. The molecule has 0 bridgehead atoms. The summed E-state index contributed by atoms with van der Waals surface area (Å²) in [5, 5.41) is 5.23. The summed E-state index contributed by atoms with van der Waals surface area (Å²) in [5.41, 5.74) is 21.4. The van der Waals surface area contributed by atoms with E-state index in [4.69, 9.17) is 4.55 Å². The summed E-state index contributed by atoms with van der Waals surface area (Å²) in [6.07, 6.45) is 3.45. The average molecular weight is 2140 g/mol. The van der Waals surface area contributed by atoms with Gasteiger partial charge >= 0.3 is 0 Å². The van der Waals surface area contributed by atoms with Crippen molar-refractivity contribution in [3.63, 3.8) is 0 Å². The molecule has 0 atom stereocenters. The molecule has 6 aliphatic rings. The van der Waals surface area contributed by atoms with Crippen LogP contribution in [-0.2, 0) is 152 Å². The molecule has 0 amide bonds. The van der Waals surface area contributed by atoms with Gasteiger partial charge in [-0.25, -0.2) is 0 Å². The molecule has 41 heteroatoms. The molecule has 8 N–H and O–H groups in total. The maximum atomic E-state index is 11.6. The van der Waals surface area contributed by atoms with E-state index in [1.807, 2.05) is 91.4 Å². The van der Waals surface area contributed by atoms with Crippen LogP contribution in [0.4, 0.5) is 0 Å². The number of allylic oxidation sites excluding steroid dienone is 1. The van der Waals surface area contributed by atoms with E-state index in [1.165, 1.54) is 120 Å². The first-order valence-corrected chi connectivity index (χ1v) is 55.0. The Balaban J connectivity index is 0.000000203. The van der Waals surface area contributed by atoms with Crippen molar-refractivity contribution in [2.75, 3.05) is 82.6 Å². The second-order valence-corrected chi connectivity index (χ2v) is 45.6. The second kappa shape index (κ2) is 51.1. The smallest absolute Gasteiger partial charge is 0.295 e. The zero-order valence-electron chi connectivity index (χ0n) is 85.8. The molecule has 35 nitrogen and oxygen atoms in total. The number of hydrogen-bond acceptors (Lipinski definition) is 29. The predicted molar refractivity (Wildman–Crippen MR) is 560 cm³/mol. The van der Waals surface area contributed by atoms with Crippen molar-refractivity contribution in [2.45, 2.75) is 197 Å². The van der Waals surface area contributed by atoms with Crippen LogP contribution in [0, 0.1) is 6.92 Å². The number of carbonyl (C=O) groups excluding carboxylic acids is 9. The lowest BCUT2D eigenvalue weighted by Gasteiger charge is -2.27. The summed E-state index contributed by atoms with van der Waals surface area (Å²) in [6.45, 7) is 31.9. The maximum absolute atomic E-state index is 11.6. The van der Waals surface area contributed by atoms with Crippen molar-refractivity contribution < 1.29 is 121 Å². The van der Waals surface area contributed by atoms with E-state index < -0.39 is 82.1 Å². The molecule has 0 spiro atoms. The Morgan fingerprint density at radius 2 is 0.551 bits per heavy atom. The summed E-state index contributed by atoms with van der Waals surface area (Å²) in [7, 11) is -11.2. The highest BCUT2D eigenvalue weighted by molar-refractivity contribution is 7.87. The second-order valence-electron chi connectivity index (χ2n) is 37.3. The van der Waals surface area contributed by atoms with E-state index >= 15 is 0 Å². The molecular weight excluding hydrogens is 2010 g/mol. The molecular formula is C106H128N8O27S6. The summed E-state index contributed by atoms with van der Waals surface area (Å²) in [6, 6.07) is 41.3. The lowest BCUT2D eigenvalue weighted by molar-refractivity contribution is 0.100. The summed E-state index contributed by atoms with van der Waals surface area (Å²) >= 11 is 0. The third-order valence-corrected chi connectivity index (χ3v) is 30.3. The summed E-state index contributed by atoms with van der Waals surface area (Å²) in [4.78, 5) is 112. The first kappa shape index (κ1) is 121. The Morgan fingerprint density at radius 1 is 0.272 bits per heavy atom. The molecule has 790 valence electrons. The van der Waals surface area contributed by atoms with Crippen LogP contribution in [0.1, 0.15) is 251 Å². The minimum absolute atomic E-state index is 0.117. The van der Waals surface area contributed by atoms with Gasteiger partial charge in [0.25, 0.3) is 60.7 Å². The molecule has 0 saturated heterocycles. The number of nitrogens with one attached hydrogen (secondary N) is 2. The van der Waals surface area contributed by atoms with Gasteiger partial charge in [-0.1, -0.05) is 90.5 Å². The Labute approximate surface area is 860 Å². The van der Waals surface area contributed by atoms with Gasteiger partial charge in [0.15, 0.2) is 52.0 Å². The van der Waals surface area contributed by atoms with Crippen LogP contribution in [0.5, 0.6) is 0 Å². The molecule has 0 aromatic heterocycles. The standard InChI is InChI=1S/C14H19N.C14H12O8S2.2C12H15NO4S.C12H15NO.C11H13NO4S.C11H13NO.C10H13NO4S.C10H13NO/c1-10(2)14-8-11(3)7-12-9-15(4)6-5-13(12)14;1-7(15)9-3-11-12(13(5-9)23(17,18)19)4-10(8(2)16)6-14(11)24(20,21)22;1-8(14)9-5-10-7-13(2)4-3-11(10)12(6-9)18(15,16)17;1-8(14)10-5-9-3-4-13(2)7-11(9)12(6-10)18(15,16)17;1-9(14)10-3-4-12-8-13(2)6-5-11(12)7-10;1-7(13)8-3-9-5-12(2)6-10(9)11(4-8)17(14,15)16;1-8(13)9-3-4-10-6-12(2)7-11(10)5-9;1-7(12)8-3-4-9(6-11-2)10(5-8)16(13,14)15;1-8(12)10-5-3-9(4-6-10)7-11-2/h7-8H,1,5-6,9H2,2-4H3;3-6H,1-2H3,(H,17,18,19)(H,20,21,22);2*5-6H,3-4,7H2,1-2H3,(H,15,16,17);3-4,7H,5-6,8H2,1-2H3;3-4H,5-6H2,1-2H3,(H,14,15,16);3-5H,6-7H2,1-2H3;3-5,11H,6H2,1-2H3,(H,13,14,15);3-6,11H,7H2,1-2H3. The fourth-order valence-electron chi connectivity index (χ4n) is 17.2. The zero-order valence-corrected chi connectivity index (χ0v) is 90.7. The molecule has 0 radical (unpaired) electrons. The molecule has 147 heavy (non-hydrogen) atoms. The van der Waals surface area contributed by atoms with E-state index in [9.17, 15) is 116 Å². The molecule has 0 saturated carbocycles. The number of fused-ring (bicyclic) bond motifs is 7. The number of likely N-dealkylation sites (N-methyl/N-ethyl adjacent to an activating group) is 4. The van der Waals surface area contributed by atoms with Crippen LogP contribution in [0.15, 0.2) is 188 Å². The van der Waals surface area contributed by atoms with Crippen molar-refractivity contribution in [1.82, 2.24) is 40.0 Å². The van der Waals surface area contributed by atoms with Gasteiger partial charge in [0.1, 0.15) is 9.79 Å². The average Bonchev–Trinajstić information content (AvgIpc) is 1.35. The largest absolute Gasteiger partial charge is 0.316 e. The number of aryl methyl sites for hydroxylation is 1. The fraction of sp³-hybridized carbons (Fsp3) is 0.349. The summed E-state index contributed by atoms with van der Waals surface area (Å²) < 4.78 is 192. The predicted octanol–water partition coefficient (Wildman–Crippen LogP) is 14.3. The van der Waals surface area contributed by atoms with Crippen molar-refractivity contribution in [3.05, 3.63) is 297 Å². The minimum Gasteiger partial charge on any atom is -0.316 e. The molecule has 6 heterocycles. The first-order chi connectivity index (χ1) is 68.2. The van der Waals surface area contributed by atoms with Crippen LogP contribution >= 0.6 is 0 Å². The molecule has 0 aliphatic carbocycles. The number of rotatable bonds is 20. The van der Waals surface area contributed by atoms with Gasteiger partial charge in [0, 0.05) is 152 Å². The number of benzene rings is 10. The number of nitrogens with zero attached hydrogens (tertiary/aromatic N) is 6. The number of ketones is 9. The third kappa shape index (κ3) is 33.9. The van der Waals surface area contributed by atoms with Gasteiger partial charge in [0.2, 0.25) is 0 Å². The number of carbonyl (C=O) groups is 9. The highest BCUT2D eigenvalue weighted by atomic mass is 32.2. The van der Waals surface area contributed by atoms with E-state index in [0.717, 1.165) is 143 Å². The fourth-order valence-corrected chi connectivity index (χ4v) is 21.8. The number of hydrogen-bond donors (Lipinski definition) is 8. The van der Waals surface area contributed by atoms with Crippen molar-refractivity contribution in [2.24, 2.45) is 0 Å². The maximum Gasteiger partial charge on any atom is 0.295 e. The Morgan fingerprint density at radius 3 is 0.966 bits per heavy atom. The normalized spacial score (nSPS) is 14.5. The van der Waals surface area contributed by atoms with Crippen LogP contribution < -0.4 is 10.6 Å². The first-order valence-electron chi connectivity index (χ1n) is 46.4. The molecule has 6 aliphatic heterocycles. The Bertz CT molecular complexity index is 7470. The van der Waals surface area contributed by atoms with Gasteiger partial charge in [0.05, 0.1) is 19.6 Å². The molecule has 16 rings (SSSR count). The van der Waals surface area contributed by atoms with Crippen LogP contribution in [-0.4, -0.2) is 242 Å².